The van der Waals surface area contributed by atoms with Crippen LogP contribution < -0.4 is 0 Å². The van der Waals surface area contributed by atoms with E-state index in [4.69, 9.17) is 0 Å². The summed E-state index contributed by atoms with van der Waals surface area (Å²) in [6.07, 6.45) is 1.52. The maximum Gasteiger partial charge on any atom is 0.185 e. The van der Waals surface area contributed by atoms with Gasteiger partial charge in [-0.2, -0.15) is 0 Å². The lowest BCUT2D eigenvalue weighted by atomic mass is 10.9. The van der Waals surface area contributed by atoms with Gasteiger partial charge in [0.25, 0.3) is 0 Å². The van der Waals surface area contributed by atoms with Crippen molar-refractivity contribution in [1.29, 1.82) is 0 Å². The molecule has 34 valence electrons. The van der Waals surface area contributed by atoms with Crippen LogP contribution in [-0.4, -0.2) is 11.8 Å². The number of thiocarbonyl (C=S) groups is 1. The quantitative estimate of drug-likeness (QED) is 0.295. The largest absolute Gasteiger partial charge is 0.353 e. The van der Waals surface area contributed by atoms with E-state index >= 15 is 0 Å². The number of hydrogen-bond acceptors (Lipinski definition) is 3. The molecule has 0 amide bonds. The molecule has 0 atom stereocenters. The fraction of sp³-hybridized carbons (Fsp3) is 0.333. The van der Waals surface area contributed by atoms with Gasteiger partial charge in [-0.15, -0.1) is 0 Å². The second-order valence-corrected chi connectivity index (χ2v) is 0.758. The third kappa shape index (κ3) is 3.56. The summed E-state index contributed by atoms with van der Waals surface area (Å²) in [4.78, 5) is 4.24. The van der Waals surface area contributed by atoms with E-state index in [2.05, 4.69) is 22.2 Å². The van der Waals surface area contributed by atoms with Gasteiger partial charge in [0.1, 0.15) is 0 Å². The van der Waals surface area contributed by atoms with E-state index in [-0.39, 0.29) is 0 Å². The van der Waals surface area contributed by atoms with Gasteiger partial charge >= 0.3 is 0 Å². The second kappa shape index (κ2) is 4.56. The lowest BCUT2D eigenvalue weighted by molar-refractivity contribution is 0.355. The van der Waals surface area contributed by atoms with E-state index in [1.807, 2.05) is 0 Å². The predicted molar refractivity (Wildman–Crippen MR) is 28.9 cm³/mol. The van der Waals surface area contributed by atoms with Crippen LogP contribution in [0.1, 0.15) is 6.92 Å². The highest BCUT2D eigenvalue weighted by Gasteiger charge is 1.55. The maximum atomic E-state index is 4.26. The number of rotatable bonds is 2. The molecule has 0 unspecified atom stereocenters. The molecule has 0 saturated carbocycles. The summed E-state index contributed by atoms with van der Waals surface area (Å²) in [6.45, 7) is 1.75. The van der Waals surface area contributed by atoms with Crippen molar-refractivity contribution in [1.82, 2.24) is 0 Å². The van der Waals surface area contributed by atoms with Crippen molar-refractivity contribution in [3.8, 4) is 0 Å². The molecule has 0 heterocycles. The molecule has 6 heavy (non-hydrogen) atoms. The van der Waals surface area contributed by atoms with Crippen molar-refractivity contribution in [2.45, 2.75) is 6.92 Å². The van der Waals surface area contributed by atoms with Crippen LogP contribution in [0.25, 0.3) is 0 Å². The fourth-order valence-corrected chi connectivity index (χ4v) is 0.135. The van der Waals surface area contributed by atoms with Crippen molar-refractivity contribution < 1.29 is 4.84 Å². The molecule has 0 radical (unpaired) electrons. The van der Waals surface area contributed by atoms with Crippen LogP contribution in [0, 0.1) is 0 Å². The average Bonchev–Trinajstić information content (AvgIpc) is 1.61. The average molecular weight is 103 g/mol. The first kappa shape index (κ1) is 5.56. The Balaban J connectivity index is 2.85. The summed E-state index contributed by atoms with van der Waals surface area (Å²) in [6, 6.07) is 0. The van der Waals surface area contributed by atoms with E-state index < -0.39 is 0 Å². The predicted octanol–water partition coefficient (Wildman–Crippen LogP) is 0.966. The van der Waals surface area contributed by atoms with Gasteiger partial charge in [0.05, 0.1) is 0 Å². The molecule has 0 fully saturated rings. The van der Waals surface area contributed by atoms with E-state index in [0.29, 0.717) is 0 Å². The molecule has 2 nitrogen and oxygen atoms in total. The van der Waals surface area contributed by atoms with Gasteiger partial charge < -0.3 is 4.84 Å². The van der Waals surface area contributed by atoms with Crippen LogP contribution in [0.4, 0.5) is 0 Å². The molecule has 0 aromatic carbocycles. The van der Waals surface area contributed by atoms with Gasteiger partial charge in [0.15, 0.2) is 5.55 Å². The Morgan fingerprint density at radius 2 is 2.50 bits per heavy atom. The highest BCUT2D eigenvalue weighted by Crippen LogP contribution is 1.63. The first-order valence-electron chi connectivity index (χ1n) is 1.49. The van der Waals surface area contributed by atoms with Crippen LogP contribution in [-0.2, 0) is 4.84 Å². The van der Waals surface area contributed by atoms with Crippen LogP contribution in [0.5, 0.6) is 0 Å². The van der Waals surface area contributed by atoms with Crippen LogP contribution >= 0.6 is 12.2 Å². The number of oxime groups is 1. The van der Waals surface area contributed by atoms with Crippen LogP contribution in [0.15, 0.2) is 5.16 Å². The summed E-state index contributed by atoms with van der Waals surface area (Å²) in [5.74, 6) is 0. The summed E-state index contributed by atoms with van der Waals surface area (Å²) >= 11 is 4.26. The number of nitrogens with zero attached hydrogens (tertiary/aromatic N) is 1. The van der Waals surface area contributed by atoms with Crippen molar-refractivity contribution in [2.24, 2.45) is 5.16 Å². The third-order valence-electron chi connectivity index (χ3n) is 0.209. The maximum absolute atomic E-state index is 4.26. The van der Waals surface area contributed by atoms with Crippen LogP contribution in [0.2, 0.25) is 0 Å². The van der Waals surface area contributed by atoms with Gasteiger partial charge in [0, 0.05) is 6.21 Å². The molecule has 0 spiro atoms. The lowest BCUT2D eigenvalue weighted by Gasteiger charge is -1.76. The Labute approximate surface area is 41.8 Å². The molecular weight excluding hydrogens is 98.1 g/mol. The van der Waals surface area contributed by atoms with E-state index in [1.54, 1.807) is 6.92 Å². The van der Waals surface area contributed by atoms with Gasteiger partial charge in [-0.3, -0.25) is 0 Å². The Morgan fingerprint density at radius 3 is 2.67 bits per heavy atom. The Kier molecular flexibility index (Phi) is 4.23. The minimum absolute atomic E-state index is 1.10. The standard InChI is InChI=1S/C3H5NOS/c1-2-4-5-3-6/h2-3H,1H3. The molecule has 0 aliphatic carbocycles. The molecule has 0 aromatic heterocycles. The topological polar surface area (TPSA) is 21.6 Å². The highest BCUT2D eigenvalue weighted by molar-refractivity contribution is 7.78. The first-order chi connectivity index (χ1) is 2.91. The van der Waals surface area contributed by atoms with Crippen molar-refractivity contribution in [2.75, 3.05) is 0 Å². The van der Waals surface area contributed by atoms with Crippen LogP contribution in [0.3, 0.4) is 0 Å². The molecule has 0 N–H and O–H groups in total. The van der Waals surface area contributed by atoms with Gasteiger partial charge in [0.2, 0.25) is 0 Å². The smallest absolute Gasteiger partial charge is 0.185 e. The zero-order valence-corrected chi connectivity index (χ0v) is 4.23. The third-order valence-corrected chi connectivity index (χ3v) is 0.295. The molecule has 0 saturated heterocycles. The first-order valence-corrected chi connectivity index (χ1v) is 1.96. The highest BCUT2D eigenvalue weighted by atomic mass is 32.1. The summed E-state index contributed by atoms with van der Waals surface area (Å²) < 4.78 is 0. The van der Waals surface area contributed by atoms with Gasteiger partial charge in [-0.05, 0) is 19.1 Å². The Bertz CT molecular complexity index is 61.8. The van der Waals surface area contributed by atoms with Gasteiger partial charge in [-0.25, -0.2) is 0 Å². The summed E-state index contributed by atoms with van der Waals surface area (Å²) in [5, 5.41) is 3.31. The molecule has 0 aliphatic rings. The summed E-state index contributed by atoms with van der Waals surface area (Å²) in [5.41, 5.74) is 1.10. The molecule has 0 aliphatic heterocycles. The van der Waals surface area contributed by atoms with Crippen molar-refractivity contribution in [3.63, 3.8) is 0 Å². The zero-order chi connectivity index (χ0) is 4.83. The number of hydrogen-bond donors (Lipinski definition) is 0. The Morgan fingerprint density at radius 1 is 1.83 bits per heavy atom. The lowest BCUT2D eigenvalue weighted by Crippen LogP contribution is -1.68. The molecular formula is C3H5NOS. The Hall–Kier alpha value is -0.440. The van der Waals surface area contributed by atoms with Crippen molar-refractivity contribution >= 4 is 24.0 Å². The molecule has 3 heteroatoms. The minimum atomic E-state index is 1.10. The van der Waals surface area contributed by atoms with E-state index in [1.165, 1.54) is 6.21 Å². The minimum Gasteiger partial charge on any atom is -0.353 e. The monoisotopic (exact) mass is 103 g/mol. The van der Waals surface area contributed by atoms with Gasteiger partial charge in [-0.1, -0.05) is 5.16 Å². The van der Waals surface area contributed by atoms with Crippen molar-refractivity contribution in [3.05, 3.63) is 0 Å². The second-order valence-electron chi connectivity index (χ2n) is 0.565. The normalized spacial score (nSPS) is 8.83. The van der Waals surface area contributed by atoms with E-state index in [9.17, 15) is 0 Å². The van der Waals surface area contributed by atoms with E-state index in [0.717, 1.165) is 5.55 Å². The fourth-order valence-electron chi connectivity index (χ4n) is 0.0857. The zero-order valence-electron chi connectivity index (χ0n) is 3.42. The molecule has 0 bridgehead atoms. The summed E-state index contributed by atoms with van der Waals surface area (Å²) in [7, 11) is 0. The molecule has 0 rings (SSSR count). The molecule has 0 aromatic rings. The SMILES string of the molecule is CC=NOC=S.